The Morgan fingerprint density at radius 3 is 2.83 bits per heavy atom. The van der Waals surface area contributed by atoms with Gasteiger partial charge in [0, 0.05) is 26.1 Å². The maximum Gasteiger partial charge on any atom is 0.221 e. The number of carbonyl (C=O) groups excluding carboxylic acids is 1. The van der Waals surface area contributed by atoms with E-state index in [-0.39, 0.29) is 5.91 Å². The quantitative estimate of drug-likeness (QED) is 0.339. The van der Waals surface area contributed by atoms with Crippen LogP contribution in [0.25, 0.3) is 0 Å². The summed E-state index contributed by atoms with van der Waals surface area (Å²) in [7, 11) is 1.60. The van der Waals surface area contributed by atoms with Crippen LogP contribution in [0.2, 0.25) is 0 Å². The van der Waals surface area contributed by atoms with Gasteiger partial charge in [-0.3, -0.25) is 9.79 Å². The SMILES string of the molecule is COCCNC(=O)CCN=C(N)NC1CCCC1. The van der Waals surface area contributed by atoms with E-state index < -0.39 is 0 Å². The van der Waals surface area contributed by atoms with Crippen LogP contribution in [0.15, 0.2) is 4.99 Å². The van der Waals surface area contributed by atoms with Crippen LogP contribution in [0.3, 0.4) is 0 Å². The third kappa shape index (κ3) is 6.44. The highest BCUT2D eigenvalue weighted by Crippen LogP contribution is 2.17. The summed E-state index contributed by atoms with van der Waals surface area (Å²) in [5, 5.41) is 5.92. The summed E-state index contributed by atoms with van der Waals surface area (Å²) in [6.07, 6.45) is 5.19. The van der Waals surface area contributed by atoms with E-state index in [2.05, 4.69) is 15.6 Å². The van der Waals surface area contributed by atoms with Gasteiger partial charge in [0.15, 0.2) is 5.96 Å². The molecular weight excluding hydrogens is 232 g/mol. The van der Waals surface area contributed by atoms with Crippen molar-refractivity contribution in [2.75, 3.05) is 26.8 Å². The third-order valence-corrected chi connectivity index (χ3v) is 2.96. The van der Waals surface area contributed by atoms with Crippen molar-refractivity contribution in [1.82, 2.24) is 10.6 Å². The number of rotatable bonds is 7. The summed E-state index contributed by atoms with van der Waals surface area (Å²) >= 11 is 0. The van der Waals surface area contributed by atoms with Crippen molar-refractivity contribution in [3.63, 3.8) is 0 Å². The third-order valence-electron chi connectivity index (χ3n) is 2.96. The van der Waals surface area contributed by atoms with Crippen molar-refractivity contribution in [2.24, 2.45) is 10.7 Å². The minimum absolute atomic E-state index is 0.0236. The molecule has 0 aromatic carbocycles. The monoisotopic (exact) mass is 256 g/mol. The van der Waals surface area contributed by atoms with Gasteiger partial charge in [-0.25, -0.2) is 0 Å². The van der Waals surface area contributed by atoms with Gasteiger partial charge < -0.3 is 21.1 Å². The molecule has 1 fully saturated rings. The van der Waals surface area contributed by atoms with Gasteiger partial charge in [0.1, 0.15) is 0 Å². The summed E-state index contributed by atoms with van der Waals surface area (Å²) in [6, 6.07) is 0.462. The second kappa shape index (κ2) is 8.74. The highest BCUT2D eigenvalue weighted by atomic mass is 16.5. The number of nitrogens with one attached hydrogen (secondary N) is 2. The van der Waals surface area contributed by atoms with Crippen molar-refractivity contribution in [2.45, 2.75) is 38.1 Å². The lowest BCUT2D eigenvalue weighted by Gasteiger charge is -2.12. The fourth-order valence-electron chi connectivity index (χ4n) is 1.98. The summed E-state index contributed by atoms with van der Waals surface area (Å²) in [6.45, 7) is 1.49. The fraction of sp³-hybridized carbons (Fsp3) is 0.833. The molecule has 1 amide bonds. The Balaban J connectivity index is 2.08. The summed E-state index contributed by atoms with van der Waals surface area (Å²) < 4.78 is 4.84. The maximum atomic E-state index is 11.3. The van der Waals surface area contributed by atoms with Gasteiger partial charge in [-0.1, -0.05) is 12.8 Å². The first-order valence-electron chi connectivity index (χ1n) is 6.54. The van der Waals surface area contributed by atoms with Crippen LogP contribution in [-0.4, -0.2) is 44.7 Å². The van der Waals surface area contributed by atoms with Crippen LogP contribution in [0.5, 0.6) is 0 Å². The highest BCUT2D eigenvalue weighted by Gasteiger charge is 2.14. The number of methoxy groups -OCH3 is 1. The smallest absolute Gasteiger partial charge is 0.221 e. The largest absolute Gasteiger partial charge is 0.383 e. The van der Waals surface area contributed by atoms with Crippen LogP contribution in [0, 0.1) is 0 Å². The molecule has 0 unspecified atom stereocenters. The van der Waals surface area contributed by atoms with E-state index >= 15 is 0 Å². The number of hydrogen-bond donors (Lipinski definition) is 3. The van der Waals surface area contributed by atoms with Gasteiger partial charge >= 0.3 is 0 Å². The van der Waals surface area contributed by atoms with E-state index in [0.717, 1.165) is 12.8 Å². The Labute approximate surface area is 108 Å². The number of ether oxygens (including phenoxy) is 1. The second-order valence-electron chi connectivity index (χ2n) is 4.49. The van der Waals surface area contributed by atoms with E-state index in [9.17, 15) is 4.79 Å². The predicted octanol–water partition coefficient (Wildman–Crippen LogP) is -0.0140. The Kier molecular flexibility index (Phi) is 7.17. The first kappa shape index (κ1) is 14.8. The zero-order valence-corrected chi connectivity index (χ0v) is 11.1. The van der Waals surface area contributed by atoms with E-state index in [1.54, 1.807) is 7.11 Å². The summed E-state index contributed by atoms with van der Waals surface area (Å²) in [4.78, 5) is 15.5. The molecule has 1 saturated carbocycles. The van der Waals surface area contributed by atoms with E-state index in [4.69, 9.17) is 10.5 Å². The normalized spacial score (nSPS) is 16.8. The summed E-state index contributed by atoms with van der Waals surface area (Å²) in [5.74, 6) is 0.427. The zero-order chi connectivity index (χ0) is 13.2. The first-order valence-corrected chi connectivity index (χ1v) is 6.54. The zero-order valence-electron chi connectivity index (χ0n) is 11.1. The number of hydrogen-bond acceptors (Lipinski definition) is 3. The van der Waals surface area contributed by atoms with Gasteiger partial charge in [0.05, 0.1) is 13.2 Å². The van der Waals surface area contributed by atoms with Crippen molar-refractivity contribution in [3.8, 4) is 0 Å². The predicted molar refractivity (Wildman–Crippen MR) is 71.4 cm³/mol. The van der Waals surface area contributed by atoms with Crippen LogP contribution in [0.1, 0.15) is 32.1 Å². The van der Waals surface area contributed by atoms with Crippen LogP contribution < -0.4 is 16.4 Å². The maximum absolute atomic E-state index is 11.3. The first-order chi connectivity index (χ1) is 8.72. The second-order valence-corrected chi connectivity index (χ2v) is 4.49. The van der Waals surface area contributed by atoms with E-state index in [1.165, 1.54) is 12.8 Å². The molecule has 18 heavy (non-hydrogen) atoms. The minimum atomic E-state index is -0.0236. The number of guanidine groups is 1. The number of nitrogens with two attached hydrogens (primary N) is 1. The Hall–Kier alpha value is -1.30. The molecule has 1 aliphatic rings. The molecule has 4 N–H and O–H groups in total. The highest BCUT2D eigenvalue weighted by molar-refractivity contribution is 5.79. The average molecular weight is 256 g/mol. The molecular formula is C12H24N4O2. The van der Waals surface area contributed by atoms with Crippen molar-refractivity contribution in [3.05, 3.63) is 0 Å². The van der Waals surface area contributed by atoms with Crippen LogP contribution >= 0.6 is 0 Å². The lowest BCUT2D eigenvalue weighted by molar-refractivity contribution is -0.121. The molecule has 1 rings (SSSR count). The Bertz CT molecular complexity index is 275. The molecule has 6 heteroatoms. The van der Waals surface area contributed by atoms with Gasteiger partial charge in [-0.15, -0.1) is 0 Å². The molecule has 0 aliphatic heterocycles. The number of amides is 1. The molecule has 0 saturated heterocycles. The van der Waals surface area contributed by atoms with Crippen LogP contribution in [0.4, 0.5) is 0 Å². The lowest BCUT2D eigenvalue weighted by atomic mass is 10.2. The Morgan fingerprint density at radius 2 is 2.17 bits per heavy atom. The van der Waals surface area contributed by atoms with E-state index in [1.807, 2.05) is 0 Å². The van der Waals surface area contributed by atoms with Gasteiger partial charge in [-0.2, -0.15) is 0 Å². The molecule has 6 nitrogen and oxygen atoms in total. The van der Waals surface area contributed by atoms with Crippen LogP contribution in [-0.2, 0) is 9.53 Å². The van der Waals surface area contributed by atoms with Gasteiger partial charge in [0.25, 0.3) is 0 Å². The molecule has 1 aliphatic carbocycles. The number of carbonyl (C=O) groups is 1. The van der Waals surface area contributed by atoms with Crippen molar-refractivity contribution >= 4 is 11.9 Å². The molecule has 104 valence electrons. The fourth-order valence-corrected chi connectivity index (χ4v) is 1.98. The molecule has 0 bridgehead atoms. The molecule has 0 atom stereocenters. The molecule has 0 spiro atoms. The average Bonchev–Trinajstić information content (AvgIpc) is 2.82. The van der Waals surface area contributed by atoms with Crippen molar-refractivity contribution in [1.29, 1.82) is 0 Å². The molecule has 0 aromatic rings. The molecule has 0 heterocycles. The summed E-state index contributed by atoms with van der Waals surface area (Å²) in [5.41, 5.74) is 5.75. The molecule has 0 aromatic heterocycles. The van der Waals surface area contributed by atoms with Gasteiger partial charge in [0.2, 0.25) is 5.91 Å². The van der Waals surface area contributed by atoms with E-state index in [0.29, 0.717) is 38.1 Å². The Morgan fingerprint density at radius 1 is 1.44 bits per heavy atom. The molecule has 0 radical (unpaired) electrons. The number of nitrogens with zero attached hydrogens (tertiary/aromatic N) is 1. The topological polar surface area (TPSA) is 88.7 Å². The number of aliphatic imine (C=N–C) groups is 1. The standard InChI is InChI=1S/C12H24N4O2/c1-18-9-8-14-11(17)6-7-15-12(13)16-10-4-2-3-5-10/h10H,2-9H2,1H3,(H,14,17)(H3,13,15,16). The van der Waals surface area contributed by atoms with Gasteiger partial charge in [-0.05, 0) is 12.8 Å². The minimum Gasteiger partial charge on any atom is -0.383 e. The van der Waals surface area contributed by atoms with Crippen molar-refractivity contribution < 1.29 is 9.53 Å². The lowest BCUT2D eigenvalue weighted by Crippen LogP contribution is -2.38.